The van der Waals surface area contributed by atoms with Gasteiger partial charge in [-0.1, -0.05) is 54.6 Å². The molecule has 1 N–H and O–H groups in total. The minimum Gasteiger partial charge on any atom is -0.359 e. The third-order valence-electron chi connectivity index (χ3n) is 3.15. The Labute approximate surface area is 108 Å². The van der Waals surface area contributed by atoms with Gasteiger partial charge >= 0.3 is 0 Å². The zero-order valence-corrected chi connectivity index (χ0v) is 10.7. The van der Waals surface area contributed by atoms with Gasteiger partial charge in [0.15, 0.2) is 0 Å². The fourth-order valence-corrected chi connectivity index (χ4v) is 2.11. The number of amides is 1. The highest BCUT2D eigenvalue weighted by Crippen LogP contribution is 2.29. The summed E-state index contributed by atoms with van der Waals surface area (Å²) in [5, 5.41) is 2.70. The molecule has 0 saturated heterocycles. The van der Waals surface area contributed by atoms with Gasteiger partial charge in [0.05, 0.1) is 5.92 Å². The van der Waals surface area contributed by atoms with Gasteiger partial charge < -0.3 is 5.32 Å². The predicted octanol–water partition coefficient (Wildman–Crippen LogP) is 3.20. The van der Waals surface area contributed by atoms with Crippen LogP contribution in [0.1, 0.15) is 18.4 Å². The summed E-state index contributed by atoms with van der Waals surface area (Å²) in [5.41, 5.74) is 3.32. The second kappa shape index (κ2) is 5.50. The average molecular weight is 239 g/mol. The molecule has 0 fully saturated rings. The lowest BCUT2D eigenvalue weighted by atomic mass is 9.91. The van der Waals surface area contributed by atoms with Crippen LogP contribution >= 0.6 is 0 Å². The molecule has 2 heteroatoms. The molecule has 0 bridgehead atoms. The smallest absolute Gasteiger partial charge is 0.227 e. The number of rotatable bonds is 3. The van der Waals surface area contributed by atoms with E-state index in [2.05, 4.69) is 23.5 Å². The van der Waals surface area contributed by atoms with E-state index in [0.29, 0.717) is 0 Å². The normalized spacial score (nSPS) is 11.9. The van der Waals surface area contributed by atoms with Crippen molar-refractivity contribution in [1.82, 2.24) is 5.32 Å². The quantitative estimate of drug-likeness (QED) is 0.875. The molecule has 1 atom stereocenters. The van der Waals surface area contributed by atoms with Crippen LogP contribution in [0.5, 0.6) is 0 Å². The summed E-state index contributed by atoms with van der Waals surface area (Å²) in [6.07, 6.45) is 0. The van der Waals surface area contributed by atoms with Gasteiger partial charge in [0.1, 0.15) is 0 Å². The SMILES string of the molecule is CNC(=O)C(C)c1ccccc1-c1ccccc1. The van der Waals surface area contributed by atoms with Gasteiger partial charge in [-0.25, -0.2) is 0 Å². The third kappa shape index (κ3) is 2.43. The van der Waals surface area contributed by atoms with Crippen molar-refractivity contribution in [3.05, 3.63) is 60.2 Å². The molecule has 0 radical (unpaired) electrons. The Morgan fingerprint density at radius 1 is 1.00 bits per heavy atom. The van der Waals surface area contributed by atoms with Gasteiger partial charge in [0.25, 0.3) is 0 Å². The lowest BCUT2D eigenvalue weighted by Gasteiger charge is -2.15. The van der Waals surface area contributed by atoms with Crippen molar-refractivity contribution in [2.24, 2.45) is 0 Å². The first-order chi connectivity index (χ1) is 8.74. The van der Waals surface area contributed by atoms with Crippen molar-refractivity contribution < 1.29 is 4.79 Å². The summed E-state index contributed by atoms with van der Waals surface area (Å²) in [7, 11) is 1.67. The van der Waals surface area contributed by atoms with Gasteiger partial charge in [-0.2, -0.15) is 0 Å². The van der Waals surface area contributed by atoms with Crippen molar-refractivity contribution in [2.75, 3.05) is 7.05 Å². The fourth-order valence-electron chi connectivity index (χ4n) is 2.11. The second-order valence-corrected chi connectivity index (χ2v) is 4.29. The maximum Gasteiger partial charge on any atom is 0.227 e. The highest BCUT2D eigenvalue weighted by atomic mass is 16.1. The molecule has 2 rings (SSSR count). The number of hydrogen-bond donors (Lipinski definition) is 1. The summed E-state index contributed by atoms with van der Waals surface area (Å²) in [6, 6.07) is 18.2. The Bertz CT molecular complexity index is 534. The maximum atomic E-state index is 11.8. The van der Waals surface area contributed by atoms with Gasteiger partial charge in [0, 0.05) is 7.05 Å². The Morgan fingerprint density at radius 2 is 1.61 bits per heavy atom. The van der Waals surface area contributed by atoms with E-state index in [1.165, 1.54) is 0 Å². The highest BCUT2D eigenvalue weighted by Gasteiger charge is 2.17. The van der Waals surface area contributed by atoms with Crippen LogP contribution in [-0.2, 0) is 4.79 Å². The average Bonchev–Trinajstić information content (AvgIpc) is 2.46. The van der Waals surface area contributed by atoms with Crippen LogP contribution in [0.4, 0.5) is 0 Å². The second-order valence-electron chi connectivity index (χ2n) is 4.29. The number of benzene rings is 2. The third-order valence-corrected chi connectivity index (χ3v) is 3.15. The van der Waals surface area contributed by atoms with E-state index in [4.69, 9.17) is 0 Å². The van der Waals surface area contributed by atoms with Crippen molar-refractivity contribution in [2.45, 2.75) is 12.8 Å². The Hall–Kier alpha value is -2.09. The summed E-state index contributed by atoms with van der Waals surface area (Å²) < 4.78 is 0. The summed E-state index contributed by atoms with van der Waals surface area (Å²) in [6.45, 7) is 1.93. The number of nitrogens with one attached hydrogen (secondary N) is 1. The molecule has 2 aromatic rings. The molecular formula is C16H17NO. The topological polar surface area (TPSA) is 29.1 Å². The van der Waals surface area contributed by atoms with Gasteiger partial charge in [-0.3, -0.25) is 4.79 Å². The number of carbonyl (C=O) groups excluding carboxylic acids is 1. The zero-order valence-electron chi connectivity index (χ0n) is 10.7. The van der Waals surface area contributed by atoms with Gasteiger partial charge in [-0.15, -0.1) is 0 Å². The molecule has 92 valence electrons. The van der Waals surface area contributed by atoms with Crippen LogP contribution < -0.4 is 5.32 Å². The van der Waals surface area contributed by atoms with Crippen LogP contribution in [0.3, 0.4) is 0 Å². The number of hydrogen-bond acceptors (Lipinski definition) is 1. The van der Waals surface area contributed by atoms with Crippen molar-refractivity contribution in [3.8, 4) is 11.1 Å². The Kier molecular flexibility index (Phi) is 3.78. The highest BCUT2D eigenvalue weighted by molar-refractivity contribution is 5.86. The summed E-state index contributed by atoms with van der Waals surface area (Å²) in [4.78, 5) is 11.8. The van der Waals surface area contributed by atoms with Gasteiger partial charge in [0.2, 0.25) is 5.91 Å². The van der Waals surface area contributed by atoms with E-state index in [1.807, 2.05) is 43.3 Å². The van der Waals surface area contributed by atoms with E-state index in [-0.39, 0.29) is 11.8 Å². The van der Waals surface area contributed by atoms with Crippen LogP contribution in [0.2, 0.25) is 0 Å². The Morgan fingerprint density at radius 3 is 2.28 bits per heavy atom. The van der Waals surface area contributed by atoms with E-state index in [9.17, 15) is 4.79 Å². The van der Waals surface area contributed by atoms with Crippen LogP contribution in [0, 0.1) is 0 Å². The van der Waals surface area contributed by atoms with E-state index >= 15 is 0 Å². The first-order valence-electron chi connectivity index (χ1n) is 6.10. The lowest BCUT2D eigenvalue weighted by Crippen LogP contribution is -2.24. The molecule has 0 saturated carbocycles. The monoisotopic (exact) mass is 239 g/mol. The van der Waals surface area contributed by atoms with Crippen LogP contribution in [-0.4, -0.2) is 13.0 Å². The first kappa shape index (κ1) is 12.4. The first-order valence-corrected chi connectivity index (χ1v) is 6.10. The van der Waals surface area contributed by atoms with E-state index < -0.39 is 0 Å². The fraction of sp³-hybridized carbons (Fsp3) is 0.188. The standard InChI is InChI=1S/C16H17NO/c1-12(16(18)17-2)14-10-6-7-11-15(14)13-8-4-3-5-9-13/h3-12H,1-2H3,(H,17,18). The molecular weight excluding hydrogens is 222 g/mol. The molecule has 0 aliphatic rings. The van der Waals surface area contributed by atoms with Gasteiger partial charge in [-0.05, 0) is 23.6 Å². The predicted molar refractivity (Wildman–Crippen MR) is 74.4 cm³/mol. The van der Waals surface area contributed by atoms with Crippen molar-refractivity contribution >= 4 is 5.91 Å². The molecule has 0 aromatic heterocycles. The molecule has 0 heterocycles. The minimum absolute atomic E-state index is 0.0402. The summed E-state index contributed by atoms with van der Waals surface area (Å²) >= 11 is 0. The Balaban J connectivity index is 2.47. The zero-order chi connectivity index (χ0) is 13.0. The van der Waals surface area contributed by atoms with E-state index in [0.717, 1.165) is 16.7 Å². The largest absolute Gasteiger partial charge is 0.359 e. The molecule has 1 amide bonds. The van der Waals surface area contributed by atoms with Crippen molar-refractivity contribution in [1.29, 1.82) is 0 Å². The molecule has 1 unspecified atom stereocenters. The molecule has 2 nitrogen and oxygen atoms in total. The lowest BCUT2D eigenvalue weighted by molar-refractivity contribution is -0.121. The summed E-state index contributed by atoms with van der Waals surface area (Å²) in [5.74, 6) is -0.107. The molecule has 2 aromatic carbocycles. The molecule has 18 heavy (non-hydrogen) atoms. The van der Waals surface area contributed by atoms with Crippen molar-refractivity contribution in [3.63, 3.8) is 0 Å². The molecule has 0 aliphatic carbocycles. The van der Waals surface area contributed by atoms with Crippen LogP contribution in [0.25, 0.3) is 11.1 Å². The molecule has 0 spiro atoms. The minimum atomic E-state index is -0.147. The number of carbonyl (C=O) groups is 1. The maximum absolute atomic E-state index is 11.8. The van der Waals surface area contributed by atoms with E-state index in [1.54, 1.807) is 7.05 Å². The molecule has 0 aliphatic heterocycles. The number of likely N-dealkylation sites (N-methyl/N-ethyl adjacent to an activating group) is 1. The van der Waals surface area contributed by atoms with Crippen LogP contribution in [0.15, 0.2) is 54.6 Å².